The van der Waals surface area contributed by atoms with Gasteiger partial charge in [0, 0.05) is 29.3 Å². The maximum Gasteiger partial charge on any atom is 0.267 e. The highest BCUT2D eigenvalue weighted by Gasteiger charge is 2.20. The van der Waals surface area contributed by atoms with Gasteiger partial charge in [-0.25, -0.2) is 4.98 Å². The quantitative estimate of drug-likeness (QED) is 0.947. The molecule has 0 atom stereocenters. The van der Waals surface area contributed by atoms with Gasteiger partial charge < -0.3 is 0 Å². The standard InChI is InChI=1S/C14H17N3OS2/c1-3-17-7-6-10-12(8-17)20-14(15-10)16-13(18)11-5-4-9(2)19-11/h4-5H,3,6-8H2,1-2H3,(H,15,16,18). The Morgan fingerprint density at radius 1 is 1.45 bits per heavy atom. The third-order valence-corrected chi connectivity index (χ3v) is 5.44. The van der Waals surface area contributed by atoms with Crippen molar-refractivity contribution in [3.8, 4) is 0 Å². The summed E-state index contributed by atoms with van der Waals surface area (Å²) in [5, 5.41) is 3.65. The van der Waals surface area contributed by atoms with E-state index in [1.807, 2.05) is 19.1 Å². The minimum Gasteiger partial charge on any atom is -0.298 e. The Hall–Kier alpha value is -1.24. The highest BCUT2D eigenvalue weighted by molar-refractivity contribution is 7.16. The van der Waals surface area contributed by atoms with Crippen LogP contribution in [0.1, 0.15) is 32.0 Å². The number of carbonyl (C=O) groups is 1. The van der Waals surface area contributed by atoms with E-state index in [-0.39, 0.29) is 5.91 Å². The number of fused-ring (bicyclic) bond motifs is 1. The lowest BCUT2D eigenvalue weighted by molar-refractivity contribution is 0.103. The summed E-state index contributed by atoms with van der Waals surface area (Å²) in [6, 6.07) is 3.83. The van der Waals surface area contributed by atoms with Crippen molar-refractivity contribution in [2.45, 2.75) is 26.8 Å². The fourth-order valence-corrected chi connectivity index (χ4v) is 4.10. The average molecular weight is 307 g/mol. The maximum atomic E-state index is 12.1. The molecule has 0 bridgehead atoms. The number of hydrogen-bond donors (Lipinski definition) is 1. The fourth-order valence-electron chi connectivity index (χ4n) is 2.29. The second-order valence-electron chi connectivity index (χ2n) is 4.87. The van der Waals surface area contributed by atoms with Crippen molar-refractivity contribution >= 4 is 33.7 Å². The van der Waals surface area contributed by atoms with Crippen molar-refractivity contribution < 1.29 is 4.79 Å². The lowest BCUT2D eigenvalue weighted by Gasteiger charge is -2.23. The number of carbonyl (C=O) groups excluding carboxylic acids is 1. The Bertz CT molecular complexity index is 632. The Kier molecular flexibility index (Phi) is 3.87. The Labute approximate surface area is 126 Å². The molecule has 106 valence electrons. The predicted octanol–water partition coefficient (Wildman–Crippen LogP) is 3.14. The zero-order valence-corrected chi connectivity index (χ0v) is 13.2. The van der Waals surface area contributed by atoms with Crippen LogP contribution in [-0.4, -0.2) is 28.9 Å². The van der Waals surface area contributed by atoms with E-state index < -0.39 is 0 Å². The van der Waals surface area contributed by atoms with Gasteiger partial charge in [-0.05, 0) is 25.6 Å². The molecule has 1 amide bonds. The van der Waals surface area contributed by atoms with E-state index in [9.17, 15) is 4.79 Å². The third-order valence-electron chi connectivity index (χ3n) is 3.44. The van der Waals surface area contributed by atoms with E-state index in [0.717, 1.165) is 46.6 Å². The summed E-state index contributed by atoms with van der Waals surface area (Å²) >= 11 is 3.11. The predicted molar refractivity (Wildman–Crippen MR) is 83.8 cm³/mol. The van der Waals surface area contributed by atoms with E-state index in [1.165, 1.54) is 16.2 Å². The number of anilines is 1. The first-order valence-corrected chi connectivity index (χ1v) is 8.37. The second-order valence-corrected chi connectivity index (χ2v) is 7.24. The monoisotopic (exact) mass is 307 g/mol. The molecule has 0 fully saturated rings. The molecule has 3 heterocycles. The van der Waals surface area contributed by atoms with Crippen molar-refractivity contribution in [1.82, 2.24) is 9.88 Å². The van der Waals surface area contributed by atoms with Crippen LogP contribution in [0.15, 0.2) is 12.1 Å². The number of aromatic nitrogens is 1. The minimum absolute atomic E-state index is 0.0541. The number of nitrogens with one attached hydrogen (secondary N) is 1. The van der Waals surface area contributed by atoms with E-state index >= 15 is 0 Å². The van der Waals surface area contributed by atoms with Gasteiger partial charge in [-0.1, -0.05) is 6.92 Å². The molecule has 0 saturated heterocycles. The Morgan fingerprint density at radius 2 is 2.30 bits per heavy atom. The van der Waals surface area contributed by atoms with Crippen LogP contribution >= 0.6 is 22.7 Å². The molecule has 0 saturated carbocycles. The third kappa shape index (κ3) is 2.77. The van der Waals surface area contributed by atoms with Gasteiger partial charge in [0.15, 0.2) is 5.13 Å². The zero-order valence-electron chi connectivity index (χ0n) is 11.6. The van der Waals surface area contributed by atoms with Gasteiger partial charge in [-0.2, -0.15) is 0 Å². The van der Waals surface area contributed by atoms with Crippen molar-refractivity contribution in [2.24, 2.45) is 0 Å². The first kappa shape index (κ1) is 13.7. The maximum absolute atomic E-state index is 12.1. The van der Waals surface area contributed by atoms with Gasteiger partial charge in [0.2, 0.25) is 0 Å². The largest absolute Gasteiger partial charge is 0.298 e. The molecular formula is C14H17N3OS2. The summed E-state index contributed by atoms with van der Waals surface area (Å²) in [6.45, 7) is 7.26. The summed E-state index contributed by atoms with van der Waals surface area (Å²) < 4.78 is 0. The van der Waals surface area contributed by atoms with Gasteiger partial charge in [-0.15, -0.1) is 22.7 Å². The van der Waals surface area contributed by atoms with Crippen LogP contribution in [0, 0.1) is 6.92 Å². The highest BCUT2D eigenvalue weighted by Crippen LogP contribution is 2.28. The van der Waals surface area contributed by atoms with Gasteiger partial charge in [0.25, 0.3) is 5.91 Å². The van der Waals surface area contributed by atoms with Crippen LogP contribution in [0.3, 0.4) is 0 Å². The minimum atomic E-state index is -0.0541. The van der Waals surface area contributed by atoms with Crippen LogP contribution in [0.25, 0.3) is 0 Å². The molecule has 0 aliphatic carbocycles. The number of thiophene rings is 1. The van der Waals surface area contributed by atoms with E-state index in [0.29, 0.717) is 0 Å². The molecule has 1 N–H and O–H groups in total. The first-order chi connectivity index (χ1) is 9.65. The summed E-state index contributed by atoms with van der Waals surface area (Å²) in [6.07, 6.45) is 0.980. The van der Waals surface area contributed by atoms with Crippen LogP contribution in [0.4, 0.5) is 5.13 Å². The van der Waals surface area contributed by atoms with E-state index in [2.05, 4.69) is 22.1 Å². The lowest BCUT2D eigenvalue weighted by Crippen LogP contribution is -2.29. The molecule has 20 heavy (non-hydrogen) atoms. The second kappa shape index (κ2) is 5.63. The number of likely N-dealkylation sites (N-methyl/N-ethyl adjacent to an activating group) is 1. The molecule has 0 spiro atoms. The normalized spacial score (nSPS) is 15.1. The summed E-state index contributed by atoms with van der Waals surface area (Å²) in [7, 11) is 0. The Morgan fingerprint density at radius 3 is 3.00 bits per heavy atom. The molecule has 1 aliphatic heterocycles. The van der Waals surface area contributed by atoms with Gasteiger partial charge in [0.05, 0.1) is 10.6 Å². The molecule has 2 aromatic rings. The SMILES string of the molecule is CCN1CCc2nc(NC(=O)c3ccc(C)s3)sc2C1. The Balaban J connectivity index is 1.73. The number of amides is 1. The van der Waals surface area contributed by atoms with Crippen LogP contribution in [-0.2, 0) is 13.0 Å². The van der Waals surface area contributed by atoms with E-state index in [4.69, 9.17) is 0 Å². The summed E-state index contributed by atoms with van der Waals surface area (Å²) in [4.78, 5) is 22.2. The fraction of sp³-hybridized carbons (Fsp3) is 0.429. The number of hydrogen-bond acceptors (Lipinski definition) is 5. The molecule has 2 aromatic heterocycles. The van der Waals surface area contributed by atoms with Crippen LogP contribution in [0.5, 0.6) is 0 Å². The van der Waals surface area contributed by atoms with Crippen molar-refractivity contribution in [3.63, 3.8) is 0 Å². The molecule has 0 aromatic carbocycles. The van der Waals surface area contributed by atoms with Gasteiger partial charge in [0.1, 0.15) is 0 Å². The molecule has 0 radical (unpaired) electrons. The lowest BCUT2D eigenvalue weighted by atomic mass is 10.2. The smallest absolute Gasteiger partial charge is 0.267 e. The molecule has 4 nitrogen and oxygen atoms in total. The van der Waals surface area contributed by atoms with Crippen molar-refractivity contribution in [2.75, 3.05) is 18.4 Å². The number of thiazole rings is 1. The molecule has 1 aliphatic rings. The first-order valence-electron chi connectivity index (χ1n) is 6.74. The molecule has 6 heteroatoms. The molecule has 0 unspecified atom stereocenters. The van der Waals surface area contributed by atoms with Crippen molar-refractivity contribution in [1.29, 1.82) is 0 Å². The highest BCUT2D eigenvalue weighted by atomic mass is 32.1. The number of rotatable bonds is 3. The summed E-state index contributed by atoms with van der Waals surface area (Å²) in [5.41, 5.74) is 1.15. The summed E-state index contributed by atoms with van der Waals surface area (Å²) in [5.74, 6) is -0.0541. The van der Waals surface area contributed by atoms with Crippen molar-refractivity contribution in [3.05, 3.63) is 32.5 Å². The topological polar surface area (TPSA) is 45.2 Å². The van der Waals surface area contributed by atoms with E-state index in [1.54, 1.807) is 11.3 Å². The number of aryl methyl sites for hydroxylation is 1. The average Bonchev–Trinajstić information content (AvgIpc) is 3.03. The van der Waals surface area contributed by atoms with Crippen LogP contribution < -0.4 is 5.32 Å². The zero-order chi connectivity index (χ0) is 14.1. The van der Waals surface area contributed by atoms with Crippen LogP contribution in [0.2, 0.25) is 0 Å². The molecular weight excluding hydrogens is 290 g/mol. The van der Waals surface area contributed by atoms with Gasteiger partial charge in [-0.3, -0.25) is 15.0 Å². The molecule has 3 rings (SSSR count). The van der Waals surface area contributed by atoms with Gasteiger partial charge >= 0.3 is 0 Å². The number of nitrogens with zero attached hydrogens (tertiary/aromatic N) is 2.